The Bertz CT molecular complexity index is 712. The molecule has 0 atom stereocenters. The van der Waals surface area contributed by atoms with Gasteiger partial charge in [-0.2, -0.15) is 0 Å². The lowest BCUT2D eigenvalue weighted by molar-refractivity contribution is 0.466. The van der Waals surface area contributed by atoms with Crippen LogP contribution in [0.4, 0.5) is 0 Å². The van der Waals surface area contributed by atoms with Crippen molar-refractivity contribution in [1.29, 1.82) is 0 Å². The molecule has 0 fully saturated rings. The van der Waals surface area contributed by atoms with Gasteiger partial charge in [0.2, 0.25) is 5.89 Å². The predicted octanol–water partition coefficient (Wildman–Crippen LogP) is 3.99. The van der Waals surface area contributed by atoms with Crippen LogP contribution in [-0.2, 0) is 12.2 Å². The van der Waals surface area contributed by atoms with Gasteiger partial charge in [0.15, 0.2) is 0 Å². The van der Waals surface area contributed by atoms with Gasteiger partial charge in [-0.25, -0.2) is 0 Å². The number of nitrogens with zero attached hydrogens (tertiary/aromatic N) is 3. The van der Waals surface area contributed by atoms with Crippen molar-refractivity contribution < 1.29 is 4.42 Å². The molecule has 0 aliphatic heterocycles. The first-order valence-corrected chi connectivity index (χ1v) is 7.78. The van der Waals surface area contributed by atoms with Crippen LogP contribution in [0.15, 0.2) is 58.4 Å². The fourth-order valence-corrected chi connectivity index (χ4v) is 2.67. The molecule has 0 amide bonds. The van der Waals surface area contributed by atoms with Crippen molar-refractivity contribution in [3.8, 4) is 11.5 Å². The summed E-state index contributed by atoms with van der Waals surface area (Å²) in [5.74, 6) is 1.36. The Morgan fingerprint density at radius 3 is 2.67 bits per heavy atom. The van der Waals surface area contributed by atoms with E-state index in [-0.39, 0.29) is 0 Å². The minimum atomic E-state index is 0.530. The van der Waals surface area contributed by atoms with Gasteiger partial charge in [0, 0.05) is 23.7 Å². The fourth-order valence-electron chi connectivity index (χ4n) is 1.96. The number of benzene rings is 1. The molecule has 0 unspecified atom stereocenters. The van der Waals surface area contributed by atoms with Gasteiger partial charge in [0.1, 0.15) is 0 Å². The molecule has 0 saturated carbocycles. The van der Waals surface area contributed by atoms with E-state index >= 15 is 0 Å². The molecule has 2 aromatic heterocycles. The van der Waals surface area contributed by atoms with E-state index in [4.69, 9.17) is 4.42 Å². The third-order valence-corrected chi connectivity index (χ3v) is 3.99. The third-order valence-electron chi connectivity index (χ3n) is 3.10. The lowest BCUT2D eigenvalue weighted by Crippen LogP contribution is -1.85. The van der Waals surface area contributed by atoms with Crippen LogP contribution in [0.5, 0.6) is 0 Å². The Hall–Kier alpha value is -2.14. The second kappa shape index (κ2) is 6.54. The zero-order valence-corrected chi connectivity index (χ0v) is 12.5. The largest absolute Gasteiger partial charge is 0.411 e. The molecule has 21 heavy (non-hydrogen) atoms. The highest BCUT2D eigenvalue weighted by atomic mass is 32.2. The molecule has 2 heterocycles. The Balaban J connectivity index is 1.67. The van der Waals surface area contributed by atoms with Gasteiger partial charge in [-0.15, -0.1) is 10.2 Å². The van der Waals surface area contributed by atoms with Gasteiger partial charge in [-0.1, -0.05) is 43.0 Å². The van der Waals surface area contributed by atoms with Crippen LogP contribution in [0.2, 0.25) is 0 Å². The van der Waals surface area contributed by atoms with E-state index in [0.29, 0.717) is 11.1 Å². The maximum Gasteiger partial charge on any atom is 0.277 e. The second-order valence-corrected chi connectivity index (χ2v) is 5.50. The molecule has 0 N–H and O–H groups in total. The van der Waals surface area contributed by atoms with Crippen LogP contribution in [0.1, 0.15) is 18.1 Å². The highest BCUT2D eigenvalue weighted by Gasteiger charge is 2.09. The first kappa shape index (κ1) is 13.8. The van der Waals surface area contributed by atoms with Crippen LogP contribution in [0.3, 0.4) is 0 Å². The van der Waals surface area contributed by atoms with Gasteiger partial charge < -0.3 is 4.42 Å². The number of aryl methyl sites for hydroxylation is 1. The molecule has 0 aliphatic carbocycles. The summed E-state index contributed by atoms with van der Waals surface area (Å²) in [6.45, 7) is 2.16. The molecule has 0 radical (unpaired) electrons. The van der Waals surface area contributed by atoms with E-state index in [1.807, 2.05) is 12.1 Å². The van der Waals surface area contributed by atoms with Crippen LogP contribution < -0.4 is 0 Å². The standard InChI is InChI=1S/C16H15N3OS/c1-2-12-4-3-5-13(10-12)11-21-16-19-18-15(20-16)14-6-8-17-9-7-14/h3-10H,2,11H2,1H3. The lowest BCUT2D eigenvalue weighted by atomic mass is 10.1. The van der Waals surface area contributed by atoms with Crippen molar-refractivity contribution in [3.63, 3.8) is 0 Å². The zero-order valence-electron chi connectivity index (χ0n) is 11.7. The molecular formula is C16H15N3OS. The SMILES string of the molecule is CCc1cccc(CSc2nnc(-c3ccncc3)o2)c1. The molecular weight excluding hydrogens is 282 g/mol. The number of aromatic nitrogens is 3. The Kier molecular flexibility index (Phi) is 4.31. The maximum absolute atomic E-state index is 5.66. The average molecular weight is 297 g/mol. The highest BCUT2D eigenvalue weighted by Crippen LogP contribution is 2.25. The van der Waals surface area contributed by atoms with Crippen molar-refractivity contribution in [1.82, 2.24) is 15.2 Å². The topological polar surface area (TPSA) is 51.8 Å². The molecule has 1 aromatic carbocycles. The van der Waals surface area contributed by atoms with Crippen LogP contribution in [-0.4, -0.2) is 15.2 Å². The summed E-state index contributed by atoms with van der Waals surface area (Å²) in [5, 5.41) is 8.73. The van der Waals surface area contributed by atoms with Crippen molar-refractivity contribution in [3.05, 3.63) is 59.9 Å². The quantitative estimate of drug-likeness (QED) is 0.667. The molecule has 106 valence electrons. The smallest absolute Gasteiger partial charge is 0.277 e. The van der Waals surface area contributed by atoms with E-state index in [9.17, 15) is 0 Å². The molecule has 3 aromatic rings. The molecule has 3 rings (SSSR count). The maximum atomic E-state index is 5.66. The van der Waals surface area contributed by atoms with E-state index in [2.05, 4.69) is 46.4 Å². The van der Waals surface area contributed by atoms with Gasteiger partial charge in [-0.05, 0) is 29.7 Å². The normalized spacial score (nSPS) is 10.7. The van der Waals surface area contributed by atoms with Crippen LogP contribution in [0.25, 0.3) is 11.5 Å². The van der Waals surface area contributed by atoms with Gasteiger partial charge in [-0.3, -0.25) is 4.98 Å². The number of thioether (sulfide) groups is 1. The summed E-state index contributed by atoms with van der Waals surface area (Å²) >= 11 is 1.55. The zero-order chi connectivity index (χ0) is 14.5. The van der Waals surface area contributed by atoms with E-state index < -0.39 is 0 Å². The molecule has 0 spiro atoms. The van der Waals surface area contributed by atoms with E-state index in [0.717, 1.165) is 17.7 Å². The summed E-state index contributed by atoms with van der Waals surface area (Å²) in [6.07, 6.45) is 4.47. The van der Waals surface area contributed by atoms with Gasteiger partial charge >= 0.3 is 0 Å². The van der Waals surface area contributed by atoms with Crippen LogP contribution in [0, 0.1) is 0 Å². The fraction of sp³-hybridized carbons (Fsp3) is 0.188. The molecule has 0 aliphatic rings. The van der Waals surface area contributed by atoms with Gasteiger partial charge in [0.05, 0.1) is 0 Å². The van der Waals surface area contributed by atoms with Crippen molar-refractivity contribution >= 4 is 11.8 Å². The van der Waals surface area contributed by atoms with E-state index in [1.165, 1.54) is 11.1 Å². The lowest BCUT2D eigenvalue weighted by Gasteiger charge is -2.01. The van der Waals surface area contributed by atoms with E-state index in [1.54, 1.807) is 24.2 Å². The predicted molar refractivity (Wildman–Crippen MR) is 82.9 cm³/mol. The average Bonchev–Trinajstić information content (AvgIpc) is 3.03. The number of hydrogen-bond acceptors (Lipinski definition) is 5. The molecule has 5 heteroatoms. The summed E-state index contributed by atoms with van der Waals surface area (Å²) in [4.78, 5) is 3.97. The third kappa shape index (κ3) is 3.49. The van der Waals surface area contributed by atoms with Crippen LogP contribution >= 0.6 is 11.8 Å². The van der Waals surface area contributed by atoms with Crippen molar-refractivity contribution in [2.45, 2.75) is 24.3 Å². The Morgan fingerprint density at radius 2 is 1.86 bits per heavy atom. The summed E-state index contributed by atoms with van der Waals surface area (Å²) < 4.78 is 5.66. The molecule has 4 nitrogen and oxygen atoms in total. The number of rotatable bonds is 5. The number of hydrogen-bond donors (Lipinski definition) is 0. The monoisotopic (exact) mass is 297 g/mol. The Morgan fingerprint density at radius 1 is 1.05 bits per heavy atom. The van der Waals surface area contributed by atoms with Gasteiger partial charge in [0.25, 0.3) is 5.22 Å². The minimum absolute atomic E-state index is 0.530. The molecule has 0 saturated heterocycles. The Labute approximate surface area is 127 Å². The minimum Gasteiger partial charge on any atom is -0.411 e. The van der Waals surface area contributed by atoms with Crippen molar-refractivity contribution in [2.75, 3.05) is 0 Å². The van der Waals surface area contributed by atoms with Crippen molar-refractivity contribution in [2.24, 2.45) is 0 Å². The first-order chi connectivity index (χ1) is 10.3. The summed E-state index contributed by atoms with van der Waals surface area (Å²) in [6, 6.07) is 12.3. The molecule has 0 bridgehead atoms. The first-order valence-electron chi connectivity index (χ1n) is 6.79. The highest BCUT2D eigenvalue weighted by molar-refractivity contribution is 7.98. The second-order valence-electron chi connectivity index (χ2n) is 4.57. The number of pyridine rings is 1. The summed E-state index contributed by atoms with van der Waals surface area (Å²) in [5.41, 5.74) is 3.50. The summed E-state index contributed by atoms with van der Waals surface area (Å²) in [7, 11) is 0.